The lowest BCUT2D eigenvalue weighted by Crippen LogP contribution is -2.50. The second-order valence-electron chi connectivity index (χ2n) is 8.05. The summed E-state index contributed by atoms with van der Waals surface area (Å²) >= 11 is 1.34. The molecule has 0 N–H and O–H groups in total. The third kappa shape index (κ3) is 4.83. The van der Waals surface area contributed by atoms with Gasteiger partial charge in [0.1, 0.15) is 0 Å². The van der Waals surface area contributed by atoms with Crippen LogP contribution in [0.5, 0.6) is 0 Å². The molecule has 1 fully saturated rings. The van der Waals surface area contributed by atoms with Crippen molar-refractivity contribution in [3.8, 4) is 0 Å². The van der Waals surface area contributed by atoms with Crippen molar-refractivity contribution in [2.24, 2.45) is 0 Å². The Morgan fingerprint density at radius 2 is 1.74 bits per heavy atom. The summed E-state index contributed by atoms with van der Waals surface area (Å²) in [6, 6.07) is 17.2. The second-order valence-corrected chi connectivity index (χ2v) is 9.36. The van der Waals surface area contributed by atoms with Crippen LogP contribution < -0.4 is 5.56 Å². The lowest BCUT2D eigenvalue weighted by atomic mass is 10.2. The number of nitrogens with zero attached hydrogens (tertiary/aromatic N) is 3. The quantitative estimate of drug-likeness (QED) is 0.451. The number of aromatic nitrogens is 2. The van der Waals surface area contributed by atoms with E-state index in [1.807, 2.05) is 74.2 Å². The van der Waals surface area contributed by atoms with Gasteiger partial charge in [-0.15, -0.1) is 0 Å². The van der Waals surface area contributed by atoms with Gasteiger partial charge < -0.3 is 9.64 Å². The van der Waals surface area contributed by atoms with E-state index in [1.165, 1.54) is 11.8 Å². The maximum Gasteiger partial charge on any atom is 0.262 e. The van der Waals surface area contributed by atoms with Crippen LogP contribution >= 0.6 is 11.8 Å². The highest BCUT2D eigenvalue weighted by molar-refractivity contribution is 8.00. The van der Waals surface area contributed by atoms with Crippen molar-refractivity contribution in [2.45, 2.75) is 49.9 Å². The maximum absolute atomic E-state index is 13.3. The maximum atomic E-state index is 13.3. The molecule has 0 saturated carbocycles. The molecule has 0 unspecified atom stereocenters. The van der Waals surface area contributed by atoms with Gasteiger partial charge in [0.05, 0.1) is 34.9 Å². The molecule has 1 aromatic heterocycles. The largest absolute Gasteiger partial charge is 0.372 e. The van der Waals surface area contributed by atoms with E-state index >= 15 is 0 Å². The van der Waals surface area contributed by atoms with Gasteiger partial charge in [-0.25, -0.2) is 4.98 Å². The SMILES string of the molecule is C[C@@H]1CN(C(=O)[C@H](C)Sc2nc3ccccc3c(=O)n2Cc2ccccc2)C[C@H](C)O1. The first kappa shape index (κ1) is 21.6. The molecule has 0 aliphatic carbocycles. The van der Waals surface area contributed by atoms with Gasteiger partial charge in [0.25, 0.3) is 5.56 Å². The molecule has 4 rings (SSSR count). The third-order valence-corrected chi connectivity index (χ3v) is 6.45. The van der Waals surface area contributed by atoms with Crippen LogP contribution in [-0.2, 0) is 16.1 Å². The Balaban J connectivity index is 1.66. The van der Waals surface area contributed by atoms with Crippen LogP contribution in [0.3, 0.4) is 0 Å². The van der Waals surface area contributed by atoms with E-state index in [-0.39, 0.29) is 28.9 Å². The predicted molar refractivity (Wildman–Crippen MR) is 123 cm³/mol. The number of rotatable bonds is 5. The van der Waals surface area contributed by atoms with E-state index < -0.39 is 0 Å². The molecule has 3 atom stereocenters. The zero-order valence-electron chi connectivity index (χ0n) is 18.0. The smallest absolute Gasteiger partial charge is 0.262 e. The molecule has 2 heterocycles. The number of benzene rings is 2. The normalized spacial score (nSPS) is 20.0. The topological polar surface area (TPSA) is 64.4 Å². The molecule has 1 saturated heterocycles. The third-order valence-electron chi connectivity index (χ3n) is 5.37. The Morgan fingerprint density at radius 3 is 2.45 bits per heavy atom. The Labute approximate surface area is 186 Å². The van der Waals surface area contributed by atoms with Crippen molar-refractivity contribution in [3.63, 3.8) is 0 Å². The van der Waals surface area contributed by atoms with Gasteiger partial charge >= 0.3 is 0 Å². The highest BCUT2D eigenvalue weighted by Gasteiger charge is 2.30. The summed E-state index contributed by atoms with van der Waals surface area (Å²) in [7, 11) is 0. The fourth-order valence-electron chi connectivity index (χ4n) is 3.97. The molecule has 0 radical (unpaired) electrons. The number of carbonyl (C=O) groups is 1. The lowest BCUT2D eigenvalue weighted by Gasteiger charge is -2.36. The summed E-state index contributed by atoms with van der Waals surface area (Å²) < 4.78 is 7.43. The highest BCUT2D eigenvalue weighted by Crippen LogP contribution is 2.25. The van der Waals surface area contributed by atoms with Crippen LogP contribution in [0.1, 0.15) is 26.3 Å². The molecule has 1 aliphatic heterocycles. The molecule has 0 spiro atoms. The molecule has 162 valence electrons. The standard InChI is InChI=1S/C24H27N3O3S/c1-16-13-26(14-17(2)30-16)22(28)18(3)31-24-25-21-12-8-7-11-20(21)23(29)27(24)15-19-9-5-4-6-10-19/h4-12,16-18H,13-15H2,1-3H3/t16-,17+,18-/m0/s1. The number of para-hydroxylation sites is 1. The van der Waals surface area contributed by atoms with Crippen LogP contribution in [0, 0.1) is 0 Å². The fourth-order valence-corrected chi connectivity index (χ4v) is 4.96. The lowest BCUT2D eigenvalue weighted by molar-refractivity contribution is -0.142. The Bertz CT molecular complexity index is 1120. The van der Waals surface area contributed by atoms with Crippen LogP contribution in [-0.4, -0.2) is 50.9 Å². The Morgan fingerprint density at radius 1 is 1.10 bits per heavy atom. The van der Waals surface area contributed by atoms with Crippen LogP contribution in [0.25, 0.3) is 10.9 Å². The van der Waals surface area contributed by atoms with Crippen molar-refractivity contribution in [3.05, 3.63) is 70.5 Å². The summed E-state index contributed by atoms with van der Waals surface area (Å²) in [5, 5.41) is 0.771. The minimum absolute atomic E-state index is 0.0138. The zero-order valence-corrected chi connectivity index (χ0v) is 18.8. The first-order valence-corrected chi connectivity index (χ1v) is 11.4. The van der Waals surface area contributed by atoms with Gasteiger partial charge in [-0.2, -0.15) is 0 Å². The number of hydrogen-bond acceptors (Lipinski definition) is 5. The Hall–Kier alpha value is -2.64. The molecule has 1 aliphatic rings. The van der Waals surface area contributed by atoms with Crippen molar-refractivity contribution < 1.29 is 9.53 Å². The first-order valence-electron chi connectivity index (χ1n) is 10.6. The number of fused-ring (bicyclic) bond motifs is 1. The summed E-state index contributed by atoms with van der Waals surface area (Å²) in [6.07, 6.45) is 0.0277. The molecule has 0 bridgehead atoms. The number of carbonyl (C=O) groups excluding carboxylic acids is 1. The zero-order chi connectivity index (χ0) is 22.0. The molecule has 3 aromatic rings. The van der Waals surface area contributed by atoms with E-state index in [4.69, 9.17) is 9.72 Å². The van der Waals surface area contributed by atoms with Crippen molar-refractivity contribution in [1.82, 2.24) is 14.5 Å². The summed E-state index contributed by atoms with van der Waals surface area (Å²) in [5.74, 6) is 0.0423. The summed E-state index contributed by atoms with van der Waals surface area (Å²) in [6.45, 7) is 7.41. The van der Waals surface area contributed by atoms with Gasteiger partial charge in [-0.05, 0) is 38.5 Å². The van der Waals surface area contributed by atoms with Crippen molar-refractivity contribution in [1.29, 1.82) is 0 Å². The monoisotopic (exact) mass is 437 g/mol. The van der Waals surface area contributed by atoms with Gasteiger partial charge in [-0.1, -0.05) is 54.2 Å². The predicted octanol–water partition coefficient (Wildman–Crippen LogP) is 3.56. The number of hydrogen-bond donors (Lipinski definition) is 0. The molecular weight excluding hydrogens is 410 g/mol. The summed E-state index contributed by atoms with van der Waals surface area (Å²) in [5.41, 5.74) is 1.57. The molecule has 2 aromatic carbocycles. The van der Waals surface area contributed by atoms with E-state index in [2.05, 4.69) is 0 Å². The van der Waals surface area contributed by atoms with Gasteiger partial charge in [0.2, 0.25) is 5.91 Å². The average molecular weight is 438 g/mol. The fraction of sp³-hybridized carbons (Fsp3) is 0.375. The van der Waals surface area contributed by atoms with E-state index in [0.717, 1.165) is 5.56 Å². The molecular formula is C24H27N3O3S. The molecule has 1 amide bonds. The summed E-state index contributed by atoms with van der Waals surface area (Å²) in [4.78, 5) is 33.1. The van der Waals surface area contributed by atoms with E-state index in [9.17, 15) is 9.59 Å². The molecule has 7 heteroatoms. The van der Waals surface area contributed by atoms with Crippen molar-refractivity contribution >= 4 is 28.6 Å². The minimum atomic E-state index is -0.368. The minimum Gasteiger partial charge on any atom is -0.372 e. The van der Waals surface area contributed by atoms with Crippen molar-refractivity contribution in [2.75, 3.05) is 13.1 Å². The second kappa shape index (κ2) is 9.24. The number of morpholine rings is 1. The van der Waals surface area contributed by atoms with Gasteiger partial charge in [-0.3, -0.25) is 14.2 Å². The first-order chi connectivity index (χ1) is 14.9. The number of ether oxygens (including phenoxy) is 1. The van der Waals surface area contributed by atoms with E-state index in [0.29, 0.717) is 35.7 Å². The highest BCUT2D eigenvalue weighted by atomic mass is 32.2. The molecule has 31 heavy (non-hydrogen) atoms. The van der Waals surface area contributed by atoms with Crippen LogP contribution in [0.15, 0.2) is 64.5 Å². The Kier molecular flexibility index (Phi) is 6.43. The van der Waals surface area contributed by atoms with Gasteiger partial charge in [0, 0.05) is 13.1 Å². The van der Waals surface area contributed by atoms with Crippen LogP contribution in [0.2, 0.25) is 0 Å². The van der Waals surface area contributed by atoms with Crippen LogP contribution in [0.4, 0.5) is 0 Å². The van der Waals surface area contributed by atoms with Gasteiger partial charge in [0.15, 0.2) is 5.16 Å². The van der Waals surface area contributed by atoms with E-state index in [1.54, 1.807) is 10.6 Å². The molecule has 6 nitrogen and oxygen atoms in total. The number of amides is 1. The number of thioether (sulfide) groups is 1. The average Bonchev–Trinajstić information content (AvgIpc) is 2.76.